The van der Waals surface area contributed by atoms with Crippen LogP contribution < -0.4 is 5.32 Å². The SMILES string of the molecule is CCCC(=O)Nc1ccc(F)c(Cc2c[nH]c3ncc(Br)cc23)c1F. The van der Waals surface area contributed by atoms with E-state index in [4.69, 9.17) is 0 Å². The standard InChI is InChI=1S/C18H16BrF2N3O/c1-2-3-16(25)24-15-5-4-14(20)13(17(15)21)6-10-8-22-18-12(10)7-11(19)9-23-18/h4-5,7-9H,2-3,6H2,1H3,(H,22,23)(H,24,25). The number of carbonyl (C=O) groups excluding carboxylic acids is 1. The fourth-order valence-corrected chi connectivity index (χ4v) is 3.00. The average Bonchev–Trinajstić information content (AvgIpc) is 2.96. The Morgan fingerprint density at radius 2 is 2.16 bits per heavy atom. The quantitative estimate of drug-likeness (QED) is 0.629. The summed E-state index contributed by atoms with van der Waals surface area (Å²) >= 11 is 3.35. The molecule has 0 spiro atoms. The lowest BCUT2D eigenvalue weighted by Crippen LogP contribution is -2.13. The average molecular weight is 408 g/mol. The summed E-state index contributed by atoms with van der Waals surface area (Å²) in [6.07, 6.45) is 4.32. The molecule has 0 radical (unpaired) electrons. The van der Waals surface area contributed by atoms with Gasteiger partial charge in [0, 0.05) is 40.7 Å². The molecule has 1 aromatic carbocycles. The summed E-state index contributed by atoms with van der Waals surface area (Å²) in [5.74, 6) is -1.69. The fraction of sp³-hybridized carbons (Fsp3) is 0.222. The molecule has 2 N–H and O–H groups in total. The molecule has 0 saturated carbocycles. The Bertz CT molecular complexity index is 939. The lowest BCUT2D eigenvalue weighted by atomic mass is 10.0. The van der Waals surface area contributed by atoms with E-state index in [9.17, 15) is 13.6 Å². The van der Waals surface area contributed by atoms with Crippen LogP contribution in [0.4, 0.5) is 14.5 Å². The van der Waals surface area contributed by atoms with Crippen molar-refractivity contribution in [2.24, 2.45) is 0 Å². The number of fused-ring (bicyclic) bond motifs is 1. The number of nitrogens with one attached hydrogen (secondary N) is 2. The van der Waals surface area contributed by atoms with Gasteiger partial charge in [-0.05, 0) is 46.1 Å². The highest BCUT2D eigenvalue weighted by molar-refractivity contribution is 9.10. The minimum absolute atomic E-state index is 0.00556. The molecule has 3 rings (SSSR count). The summed E-state index contributed by atoms with van der Waals surface area (Å²) in [6.45, 7) is 1.86. The van der Waals surface area contributed by atoms with Crippen molar-refractivity contribution in [3.05, 3.63) is 57.8 Å². The maximum absolute atomic E-state index is 14.7. The molecule has 7 heteroatoms. The topological polar surface area (TPSA) is 57.8 Å². The Hall–Kier alpha value is -2.28. The Morgan fingerprint density at radius 1 is 1.36 bits per heavy atom. The second kappa shape index (κ2) is 7.31. The summed E-state index contributed by atoms with van der Waals surface area (Å²) in [6, 6.07) is 4.26. The number of carbonyl (C=O) groups is 1. The first-order valence-electron chi connectivity index (χ1n) is 7.87. The van der Waals surface area contributed by atoms with Crippen molar-refractivity contribution in [1.29, 1.82) is 0 Å². The van der Waals surface area contributed by atoms with Crippen molar-refractivity contribution in [2.45, 2.75) is 26.2 Å². The largest absolute Gasteiger partial charge is 0.346 e. The summed E-state index contributed by atoms with van der Waals surface area (Å²) in [4.78, 5) is 18.9. The number of H-pyrrole nitrogens is 1. The highest BCUT2D eigenvalue weighted by Crippen LogP contribution is 2.27. The van der Waals surface area contributed by atoms with Crippen LogP contribution in [0.3, 0.4) is 0 Å². The summed E-state index contributed by atoms with van der Waals surface area (Å²) in [5.41, 5.74) is 1.27. The van der Waals surface area contributed by atoms with Crippen molar-refractivity contribution < 1.29 is 13.6 Å². The molecule has 2 heterocycles. The van der Waals surface area contributed by atoms with Gasteiger partial charge in [0.1, 0.15) is 11.5 Å². The predicted octanol–water partition coefficient (Wildman–Crippen LogP) is 4.93. The molecular formula is C18H16BrF2N3O. The van der Waals surface area contributed by atoms with Gasteiger partial charge in [0.25, 0.3) is 0 Å². The van der Waals surface area contributed by atoms with Crippen LogP contribution in [-0.2, 0) is 11.2 Å². The number of aromatic amines is 1. The molecule has 25 heavy (non-hydrogen) atoms. The number of nitrogens with zero attached hydrogens (tertiary/aromatic N) is 1. The normalized spacial score (nSPS) is 11.0. The van der Waals surface area contributed by atoms with Crippen LogP contribution in [0, 0.1) is 11.6 Å². The third-order valence-corrected chi connectivity index (χ3v) is 4.32. The van der Waals surface area contributed by atoms with Gasteiger partial charge >= 0.3 is 0 Å². The first kappa shape index (κ1) is 17.5. The Morgan fingerprint density at radius 3 is 2.92 bits per heavy atom. The second-order valence-corrected chi connectivity index (χ2v) is 6.64. The molecular weight excluding hydrogens is 392 g/mol. The smallest absolute Gasteiger partial charge is 0.224 e. The lowest BCUT2D eigenvalue weighted by Gasteiger charge is -2.11. The molecule has 0 aliphatic heterocycles. The number of hydrogen-bond donors (Lipinski definition) is 2. The Labute approximate surface area is 151 Å². The van der Waals surface area contributed by atoms with Crippen LogP contribution in [0.25, 0.3) is 11.0 Å². The number of rotatable bonds is 5. The van der Waals surface area contributed by atoms with E-state index in [-0.39, 0.29) is 30.0 Å². The molecule has 1 amide bonds. The van der Waals surface area contributed by atoms with E-state index >= 15 is 0 Å². The molecule has 4 nitrogen and oxygen atoms in total. The van der Waals surface area contributed by atoms with Gasteiger partial charge in [0.05, 0.1) is 5.69 Å². The van der Waals surface area contributed by atoms with E-state index in [1.807, 2.05) is 13.0 Å². The maximum atomic E-state index is 14.7. The van der Waals surface area contributed by atoms with Crippen molar-refractivity contribution in [3.8, 4) is 0 Å². The molecule has 0 fully saturated rings. The van der Waals surface area contributed by atoms with Crippen LogP contribution in [0.2, 0.25) is 0 Å². The van der Waals surface area contributed by atoms with Gasteiger partial charge in [-0.25, -0.2) is 13.8 Å². The number of pyridine rings is 1. The fourth-order valence-electron chi connectivity index (χ4n) is 2.67. The van der Waals surface area contributed by atoms with Gasteiger partial charge in [-0.1, -0.05) is 6.92 Å². The molecule has 0 aliphatic carbocycles. The molecule has 3 aromatic rings. The molecule has 2 aromatic heterocycles. The number of anilines is 1. The number of benzene rings is 1. The molecule has 130 valence electrons. The number of aromatic nitrogens is 2. The van der Waals surface area contributed by atoms with Gasteiger partial charge in [-0.2, -0.15) is 0 Å². The first-order chi connectivity index (χ1) is 12.0. The van der Waals surface area contributed by atoms with E-state index in [0.717, 1.165) is 15.4 Å². The molecule has 0 saturated heterocycles. The zero-order valence-electron chi connectivity index (χ0n) is 13.5. The zero-order chi connectivity index (χ0) is 18.0. The zero-order valence-corrected chi connectivity index (χ0v) is 15.1. The van der Waals surface area contributed by atoms with Crippen LogP contribution in [0.15, 0.2) is 35.1 Å². The summed E-state index contributed by atoms with van der Waals surface area (Å²) in [5, 5.41) is 3.28. The van der Waals surface area contributed by atoms with Gasteiger partial charge in [0.2, 0.25) is 5.91 Å². The highest BCUT2D eigenvalue weighted by Gasteiger charge is 2.17. The first-order valence-corrected chi connectivity index (χ1v) is 8.67. The second-order valence-electron chi connectivity index (χ2n) is 5.73. The minimum atomic E-state index is -0.748. The molecule has 0 aliphatic rings. The molecule has 0 bridgehead atoms. The summed E-state index contributed by atoms with van der Waals surface area (Å²) in [7, 11) is 0. The van der Waals surface area contributed by atoms with Gasteiger partial charge < -0.3 is 10.3 Å². The van der Waals surface area contributed by atoms with Gasteiger partial charge in [-0.15, -0.1) is 0 Å². The molecule has 0 atom stereocenters. The lowest BCUT2D eigenvalue weighted by molar-refractivity contribution is -0.116. The highest BCUT2D eigenvalue weighted by atomic mass is 79.9. The van der Waals surface area contributed by atoms with E-state index in [2.05, 4.69) is 31.2 Å². The Balaban J connectivity index is 1.96. The summed E-state index contributed by atoms with van der Waals surface area (Å²) < 4.78 is 29.7. The monoisotopic (exact) mass is 407 g/mol. The van der Waals surface area contributed by atoms with Crippen LogP contribution in [-0.4, -0.2) is 15.9 Å². The third kappa shape index (κ3) is 3.71. The van der Waals surface area contributed by atoms with Crippen molar-refractivity contribution in [3.63, 3.8) is 0 Å². The van der Waals surface area contributed by atoms with Crippen molar-refractivity contribution in [1.82, 2.24) is 9.97 Å². The van der Waals surface area contributed by atoms with E-state index < -0.39 is 11.6 Å². The number of amides is 1. The maximum Gasteiger partial charge on any atom is 0.224 e. The van der Waals surface area contributed by atoms with Crippen LogP contribution in [0.1, 0.15) is 30.9 Å². The number of halogens is 3. The van der Waals surface area contributed by atoms with Crippen molar-refractivity contribution in [2.75, 3.05) is 5.32 Å². The van der Waals surface area contributed by atoms with Gasteiger partial charge in [-0.3, -0.25) is 4.79 Å². The van der Waals surface area contributed by atoms with E-state index in [0.29, 0.717) is 12.1 Å². The van der Waals surface area contributed by atoms with E-state index in [1.54, 1.807) is 12.4 Å². The predicted molar refractivity (Wildman–Crippen MR) is 96.5 cm³/mol. The van der Waals surface area contributed by atoms with Crippen LogP contribution >= 0.6 is 15.9 Å². The minimum Gasteiger partial charge on any atom is -0.346 e. The number of hydrogen-bond acceptors (Lipinski definition) is 2. The molecule has 0 unspecified atom stereocenters. The van der Waals surface area contributed by atoms with Gasteiger partial charge in [0.15, 0.2) is 5.82 Å². The third-order valence-electron chi connectivity index (χ3n) is 3.89. The van der Waals surface area contributed by atoms with Crippen LogP contribution in [0.5, 0.6) is 0 Å². The van der Waals surface area contributed by atoms with E-state index in [1.165, 1.54) is 12.1 Å². The van der Waals surface area contributed by atoms with Crippen molar-refractivity contribution >= 4 is 38.6 Å². The Kier molecular flexibility index (Phi) is 5.13.